The van der Waals surface area contributed by atoms with Crippen LogP contribution < -0.4 is 10.1 Å². The van der Waals surface area contributed by atoms with Gasteiger partial charge in [0.15, 0.2) is 6.10 Å². The summed E-state index contributed by atoms with van der Waals surface area (Å²) < 4.78 is 5.61. The number of ether oxygens (including phenoxy) is 1. The van der Waals surface area contributed by atoms with E-state index < -0.39 is 6.10 Å². The molecular formula is C17H15ClN2O2. The summed E-state index contributed by atoms with van der Waals surface area (Å²) in [6, 6.07) is 14.1. The Hall–Kier alpha value is -2.51. The maximum atomic E-state index is 12.2. The summed E-state index contributed by atoms with van der Waals surface area (Å²) in [6.07, 6.45) is -0.718. The van der Waals surface area contributed by atoms with E-state index >= 15 is 0 Å². The fourth-order valence-electron chi connectivity index (χ4n) is 1.86. The molecule has 22 heavy (non-hydrogen) atoms. The molecule has 0 spiro atoms. The number of rotatable bonds is 4. The van der Waals surface area contributed by atoms with Crippen molar-refractivity contribution in [3.8, 4) is 11.8 Å². The van der Waals surface area contributed by atoms with E-state index in [1.54, 1.807) is 43.3 Å². The number of nitrogens with one attached hydrogen (secondary N) is 1. The fourth-order valence-corrected chi connectivity index (χ4v) is 2.02. The van der Waals surface area contributed by atoms with Crippen LogP contribution in [0, 0.1) is 18.3 Å². The van der Waals surface area contributed by atoms with Crippen LogP contribution in [-0.4, -0.2) is 12.0 Å². The number of nitriles is 1. The number of halogens is 1. The lowest BCUT2D eigenvalue weighted by atomic mass is 10.2. The van der Waals surface area contributed by atoms with Crippen LogP contribution in [0.2, 0.25) is 5.02 Å². The highest BCUT2D eigenvalue weighted by Crippen LogP contribution is 2.26. The van der Waals surface area contributed by atoms with Crippen LogP contribution in [0.4, 0.5) is 5.69 Å². The zero-order valence-electron chi connectivity index (χ0n) is 12.3. The van der Waals surface area contributed by atoms with E-state index in [0.29, 0.717) is 22.0 Å². The number of hydrogen-bond donors (Lipinski definition) is 1. The van der Waals surface area contributed by atoms with Crippen molar-refractivity contribution in [3.05, 3.63) is 58.6 Å². The Morgan fingerprint density at radius 3 is 2.82 bits per heavy atom. The summed E-state index contributed by atoms with van der Waals surface area (Å²) in [5.41, 5.74) is 2.02. The van der Waals surface area contributed by atoms with Gasteiger partial charge in [-0.1, -0.05) is 23.7 Å². The van der Waals surface area contributed by atoms with E-state index in [2.05, 4.69) is 5.32 Å². The first kappa shape index (κ1) is 15.9. The predicted molar refractivity (Wildman–Crippen MR) is 86.1 cm³/mol. The Labute approximate surface area is 134 Å². The zero-order valence-corrected chi connectivity index (χ0v) is 13.0. The number of aryl methyl sites for hydroxylation is 1. The van der Waals surface area contributed by atoms with Crippen molar-refractivity contribution in [1.82, 2.24) is 0 Å². The van der Waals surface area contributed by atoms with E-state index in [1.165, 1.54) is 0 Å². The van der Waals surface area contributed by atoms with Gasteiger partial charge in [0.05, 0.1) is 16.7 Å². The Morgan fingerprint density at radius 2 is 2.09 bits per heavy atom. The first-order chi connectivity index (χ1) is 10.5. The van der Waals surface area contributed by atoms with Crippen molar-refractivity contribution in [2.45, 2.75) is 20.0 Å². The van der Waals surface area contributed by atoms with Gasteiger partial charge in [0, 0.05) is 5.69 Å². The fraction of sp³-hybridized carbons (Fsp3) is 0.176. The molecule has 5 heteroatoms. The molecule has 1 N–H and O–H groups in total. The molecule has 0 aliphatic carbocycles. The number of benzene rings is 2. The molecule has 0 fully saturated rings. The number of carbonyl (C=O) groups is 1. The van der Waals surface area contributed by atoms with Crippen molar-refractivity contribution in [2.24, 2.45) is 0 Å². The molecule has 2 aromatic carbocycles. The Morgan fingerprint density at radius 1 is 1.32 bits per heavy atom. The summed E-state index contributed by atoms with van der Waals surface area (Å²) in [7, 11) is 0. The first-order valence-corrected chi connectivity index (χ1v) is 7.11. The number of anilines is 1. The average molecular weight is 315 g/mol. The molecule has 4 nitrogen and oxygen atoms in total. The largest absolute Gasteiger partial charge is 0.479 e. The van der Waals surface area contributed by atoms with Crippen molar-refractivity contribution < 1.29 is 9.53 Å². The normalized spacial score (nSPS) is 11.4. The highest BCUT2D eigenvalue weighted by molar-refractivity contribution is 6.32. The van der Waals surface area contributed by atoms with Crippen molar-refractivity contribution in [2.75, 3.05) is 5.32 Å². The second kappa shape index (κ2) is 6.97. The van der Waals surface area contributed by atoms with Crippen LogP contribution in [0.1, 0.15) is 18.1 Å². The molecule has 0 aromatic heterocycles. The molecule has 1 atom stereocenters. The molecule has 1 amide bonds. The van der Waals surface area contributed by atoms with E-state index in [9.17, 15) is 4.79 Å². The second-order valence-corrected chi connectivity index (χ2v) is 5.28. The van der Waals surface area contributed by atoms with Gasteiger partial charge >= 0.3 is 0 Å². The van der Waals surface area contributed by atoms with E-state index in [0.717, 1.165) is 5.56 Å². The van der Waals surface area contributed by atoms with Crippen LogP contribution in [0.25, 0.3) is 0 Å². The average Bonchev–Trinajstić information content (AvgIpc) is 2.51. The van der Waals surface area contributed by atoms with Gasteiger partial charge in [-0.2, -0.15) is 5.26 Å². The monoisotopic (exact) mass is 314 g/mol. The van der Waals surface area contributed by atoms with Crippen molar-refractivity contribution in [3.63, 3.8) is 0 Å². The third-order valence-corrected chi connectivity index (χ3v) is 3.33. The van der Waals surface area contributed by atoms with Crippen molar-refractivity contribution >= 4 is 23.2 Å². The summed E-state index contributed by atoms with van der Waals surface area (Å²) in [4.78, 5) is 12.2. The smallest absolute Gasteiger partial charge is 0.265 e. The van der Waals surface area contributed by atoms with E-state index in [1.807, 2.05) is 19.1 Å². The maximum Gasteiger partial charge on any atom is 0.265 e. The molecule has 2 aromatic rings. The number of amides is 1. The van der Waals surface area contributed by atoms with Gasteiger partial charge in [0.2, 0.25) is 0 Å². The lowest BCUT2D eigenvalue weighted by Crippen LogP contribution is -2.30. The second-order valence-electron chi connectivity index (χ2n) is 4.88. The van der Waals surface area contributed by atoms with Crippen molar-refractivity contribution in [1.29, 1.82) is 5.26 Å². The number of carbonyl (C=O) groups excluding carboxylic acids is 1. The summed E-state index contributed by atoms with van der Waals surface area (Å²) in [5.74, 6) is 0.155. The van der Waals surface area contributed by atoms with Crippen LogP contribution in [0.15, 0.2) is 42.5 Å². The molecule has 0 bridgehead atoms. The Kier molecular flexibility index (Phi) is 5.03. The summed E-state index contributed by atoms with van der Waals surface area (Å²) >= 11 is 6.05. The maximum absolute atomic E-state index is 12.2. The third kappa shape index (κ3) is 4.00. The molecule has 2 rings (SSSR count). The molecule has 0 aliphatic rings. The van der Waals surface area contributed by atoms with Crippen LogP contribution >= 0.6 is 11.6 Å². The SMILES string of the molecule is Cc1ccc(Cl)c(O[C@@H](C)C(=O)Nc2cccc(C#N)c2)c1. The van der Waals surface area contributed by atoms with Gasteiger partial charge in [-0.15, -0.1) is 0 Å². The van der Waals surface area contributed by atoms with Crippen LogP contribution in [0.5, 0.6) is 5.75 Å². The van der Waals surface area contributed by atoms with Gasteiger partial charge in [0.25, 0.3) is 5.91 Å². The van der Waals surface area contributed by atoms with Gasteiger partial charge in [0.1, 0.15) is 5.75 Å². The minimum Gasteiger partial charge on any atom is -0.479 e. The van der Waals surface area contributed by atoms with Gasteiger partial charge in [-0.25, -0.2) is 0 Å². The summed E-state index contributed by atoms with van der Waals surface area (Å²) in [5, 5.41) is 12.0. The quantitative estimate of drug-likeness (QED) is 0.930. The van der Waals surface area contributed by atoms with Gasteiger partial charge in [-0.3, -0.25) is 4.79 Å². The van der Waals surface area contributed by atoms with Crippen LogP contribution in [0.3, 0.4) is 0 Å². The molecule has 0 saturated carbocycles. The zero-order chi connectivity index (χ0) is 16.1. The van der Waals surface area contributed by atoms with Crippen LogP contribution in [-0.2, 0) is 4.79 Å². The van der Waals surface area contributed by atoms with E-state index in [-0.39, 0.29) is 5.91 Å². The molecule has 112 valence electrons. The molecule has 0 heterocycles. The lowest BCUT2D eigenvalue weighted by molar-refractivity contribution is -0.122. The molecule has 0 aliphatic heterocycles. The standard InChI is InChI=1S/C17H15ClN2O2/c1-11-6-7-15(18)16(8-11)22-12(2)17(21)20-14-5-3-4-13(9-14)10-19/h3-9,12H,1-2H3,(H,20,21)/t12-/m0/s1. The molecular weight excluding hydrogens is 300 g/mol. The molecule has 0 saturated heterocycles. The number of nitrogens with zero attached hydrogens (tertiary/aromatic N) is 1. The van der Waals surface area contributed by atoms with Gasteiger partial charge in [-0.05, 0) is 49.7 Å². The first-order valence-electron chi connectivity index (χ1n) is 6.73. The highest BCUT2D eigenvalue weighted by atomic mass is 35.5. The lowest BCUT2D eigenvalue weighted by Gasteiger charge is -2.16. The molecule has 0 radical (unpaired) electrons. The van der Waals surface area contributed by atoms with Gasteiger partial charge < -0.3 is 10.1 Å². The molecule has 0 unspecified atom stereocenters. The topological polar surface area (TPSA) is 62.1 Å². The predicted octanol–water partition coefficient (Wildman–Crippen LogP) is 3.93. The Bertz CT molecular complexity index is 738. The van der Waals surface area contributed by atoms with E-state index in [4.69, 9.17) is 21.6 Å². The minimum absolute atomic E-state index is 0.312. The number of hydrogen-bond acceptors (Lipinski definition) is 3. The third-order valence-electron chi connectivity index (χ3n) is 3.02. The Balaban J connectivity index is 2.06. The highest BCUT2D eigenvalue weighted by Gasteiger charge is 2.16. The summed E-state index contributed by atoms with van der Waals surface area (Å²) in [6.45, 7) is 3.56. The minimum atomic E-state index is -0.718.